The minimum absolute atomic E-state index is 0.342. The van der Waals surface area contributed by atoms with Crippen LogP contribution in [0.1, 0.15) is 18.1 Å². The molecule has 1 unspecified atom stereocenters. The summed E-state index contributed by atoms with van der Waals surface area (Å²) in [4.78, 5) is 18.1. The molecule has 1 aliphatic heterocycles. The summed E-state index contributed by atoms with van der Waals surface area (Å²) in [6, 6.07) is 10.6. The van der Waals surface area contributed by atoms with Crippen molar-refractivity contribution in [3.8, 4) is 16.6 Å². The summed E-state index contributed by atoms with van der Waals surface area (Å²) in [7, 11) is 1.62. The molecule has 2 amide bonds. The predicted molar refractivity (Wildman–Crippen MR) is 108 cm³/mol. The maximum absolute atomic E-state index is 13.2. The molecule has 150 valence electrons. The molecule has 3 aromatic rings. The summed E-state index contributed by atoms with van der Waals surface area (Å²) in [6.07, 6.45) is 1.36. The van der Waals surface area contributed by atoms with Crippen molar-refractivity contribution in [3.05, 3.63) is 60.0 Å². The first-order chi connectivity index (χ1) is 14.0. The van der Waals surface area contributed by atoms with Gasteiger partial charge in [-0.25, -0.2) is 14.2 Å². The zero-order chi connectivity index (χ0) is 20.4. The molecular formula is C20H18FN3O4S. The largest absolute Gasteiger partial charge is 0.493 e. The van der Waals surface area contributed by atoms with Gasteiger partial charge < -0.3 is 14.6 Å². The van der Waals surface area contributed by atoms with Crippen LogP contribution in [0, 0.1) is 5.82 Å². The van der Waals surface area contributed by atoms with Gasteiger partial charge in [-0.1, -0.05) is 17.4 Å². The summed E-state index contributed by atoms with van der Waals surface area (Å²) in [6.45, 7) is 0.466. The lowest BCUT2D eigenvalue weighted by Gasteiger charge is -2.25. The number of benzene rings is 2. The second kappa shape index (κ2) is 8.06. The van der Waals surface area contributed by atoms with Gasteiger partial charge in [0.05, 0.1) is 18.9 Å². The first-order valence-electron chi connectivity index (χ1n) is 8.88. The molecule has 1 aliphatic rings. The van der Waals surface area contributed by atoms with Gasteiger partial charge in [-0.15, -0.1) is 0 Å². The van der Waals surface area contributed by atoms with E-state index in [0.717, 1.165) is 11.3 Å². The summed E-state index contributed by atoms with van der Waals surface area (Å²) in [5.74, 6) is 0.571. The summed E-state index contributed by atoms with van der Waals surface area (Å²) in [5, 5.41) is 13.6. The van der Waals surface area contributed by atoms with Gasteiger partial charge in [0.1, 0.15) is 17.3 Å². The Hall–Kier alpha value is -3.17. The van der Waals surface area contributed by atoms with Crippen LogP contribution < -0.4 is 19.7 Å². The van der Waals surface area contributed by atoms with Gasteiger partial charge in [-0.2, -0.15) is 0 Å². The molecule has 7 nitrogen and oxygen atoms in total. The Morgan fingerprint density at radius 3 is 3.07 bits per heavy atom. The number of aromatic nitrogens is 1. The molecule has 2 aromatic carbocycles. The van der Waals surface area contributed by atoms with Crippen molar-refractivity contribution in [2.45, 2.75) is 12.5 Å². The van der Waals surface area contributed by atoms with E-state index in [1.54, 1.807) is 37.4 Å². The van der Waals surface area contributed by atoms with Gasteiger partial charge in [0, 0.05) is 30.8 Å². The molecule has 0 radical (unpaired) electrons. The fraction of sp³-hybridized carbons (Fsp3) is 0.200. The number of urea groups is 1. The number of ether oxygens (including phenoxy) is 2. The molecule has 2 heterocycles. The topological polar surface area (TPSA) is 83.9 Å². The van der Waals surface area contributed by atoms with E-state index in [4.69, 9.17) is 9.47 Å². The lowest BCUT2D eigenvalue weighted by molar-refractivity contribution is 0.115. The second-order valence-electron chi connectivity index (χ2n) is 6.41. The Kier molecular flexibility index (Phi) is 5.32. The van der Waals surface area contributed by atoms with E-state index >= 15 is 0 Å². The Balaban J connectivity index is 1.43. The number of thiazole rings is 1. The van der Waals surface area contributed by atoms with Crippen LogP contribution in [0.15, 0.2) is 48.7 Å². The quantitative estimate of drug-likeness (QED) is 0.653. The van der Waals surface area contributed by atoms with Gasteiger partial charge in [0.15, 0.2) is 5.13 Å². The van der Waals surface area contributed by atoms with Crippen molar-refractivity contribution in [2.24, 2.45) is 0 Å². The Morgan fingerprint density at radius 2 is 2.24 bits per heavy atom. The van der Waals surface area contributed by atoms with Gasteiger partial charge in [0.25, 0.3) is 0 Å². The number of fused-ring (bicyclic) bond motifs is 1. The fourth-order valence-electron chi connectivity index (χ4n) is 2.88. The number of nitrogens with zero attached hydrogens (tertiary/aromatic N) is 2. The van der Waals surface area contributed by atoms with Crippen molar-refractivity contribution < 1.29 is 23.8 Å². The molecule has 2 N–H and O–H groups in total. The number of hydrogen-bond donors (Lipinski definition) is 2. The average Bonchev–Trinajstić information content (AvgIpc) is 3.14. The standard InChI is InChI=1S/C20H18FN3O4S/c1-24(13-5-6-17-15(10-13)16(25)7-8-27-17)20(26)23-19-22-11-18(29-19)28-14-4-2-3-12(21)9-14/h2-6,9-11,16,25H,7-8H2,1H3,(H,22,23,26). The molecule has 0 spiro atoms. The van der Waals surface area contributed by atoms with Crippen molar-refractivity contribution in [1.82, 2.24) is 4.98 Å². The molecule has 1 atom stereocenters. The number of aliphatic hydroxyl groups is 1. The van der Waals surface area contributed by atoms with Gasteiger partial charge in [-0.05, 0) is 30.3 Å². The summed E-state index contributed by atoms with van der Waals surface area (Å²) >= 11 is 1.12. The number of carbonyl (C=O) groups excluding carboxylic acids is 1. The van der Waals surface area contributed by atoms with E-state index in [1.165, 1.54) is 23.2 Å². The van der Waals surface area contributed by atoms with Crippen LogP contribution in [0.3, 0.4) is 0 Å². The fourth-order valence-corrected chi connectivity index (χ4v) is 3.55. The van der Waals surface area contributed by atoms with Crippen LogP contribution in [0.4, 0.5) is 20.0 Å². The Labute approximate surface area is 170 Å². The lowest BCUT2D eigenvalue weighted by atomic mass is 10.0. The number of rotatable bonds is 4. The number of hydrogen-bond acceptors (Lipinski definition) is 6. The minimum Gasteiger partial charge on any atom is -0.493 e. The third-order valence-electron chi connectivity index (χ3n) is 4.41. The van der Waals surface area contributed by atoms with Gasteiger partial charge in [0.2, 0.25) is 5.06 Å². The van der Waals surface area contributed by atoms with Crippen molar-refractivity contribution in [2.75, 3.05) is 23.9 Å². The molecule has 0 fully saturated rings. The molecule has 4 rings (SSSR count). The third-order valence-corrected chi connectivity index (χ3v) is 5.20. The number of aliphatic hydroxyl groups excluding tert-OH is 1. The maximum atomic E-state index is 13.2. The molecular weight excluding hydrogens is 397 g/mol. The minimum atomic E-state index is -0.614. The van der Waals surface area contributed by atoms with Crippen LogP contribution >= 0.6 is 11.3 Å². The van der Waals surface area contributed by atoms with E-state index in [9.17, 15) is 14.3 Å². The first-order valence-corrected chi connectivity index (χ1v) is 9.70. The number of anilines is 2. The molecule has 0 saturated carbocycles. The zero-order valence-corrected chi connectivity index (χ0v) is 16.3. The summed E-state index contributed by atoms with van der Waals surface area (Å²) in [5.41, 5.74) is 1.27. The highest BCUT2D eigenvalue weighted by molar-refractivity contribution is 7.17. The molecule has 0 saturated heterocycles. The summed E-state index contributed by atoms with van der Waals surface area (Å²) < 4.78 is 24.3. The normalized spacial score (nSPS) is 15.2. The van der Waals surface area contributed by atoms with Gasteiger partial charge >= 0.3 is 6.03 Å². The Morgan fingerprint density at radius 1 is 1.38 bits per heavy atom. The smallest absolute Gasteiger partial charge is 0.327 e. The SMILES string of the molecule is CN(C(=O)Nc1ncc(Oc2cccc(F)c2)s1)c1ccc2c(c1)C(O)CCO2. The number of carbonyl (C=O) groups is 1. The number of nitrogens with one attached hydrogen (secondary N) is 1. The highest BCUT2D eigenvalue weighted by atomic mass is 32.1. The maximum Gasteiger partial charge on any atom is 0.327 e. The Bertz CT molecular complexity index is 1040. The van der Waals surface area contributed by atoms with Crippen molar-refractivity contribution >= 4 is 28.2 Å². The monoisotopic (exact) mass is 415 g/mol. The first kappa shape index (κ1) is 19.2. The van der Waals surface area contributed by atoms with Crippen LogP contribution in [-0.4, -0.2) is 29.8 Å². The molecule has 0 aliphatic carbocycles. The van der Waals surface area contributed by atoms with Crippen molar-refractivity contribution in [3.63, 3.8) is 0 Å². The van der Waals surface area contributed by atoms with E-state index < -0.39 is 18.0 Å². The predicted octanol–water partition coefficient (Wildman–Crippen LogP) is 4.56. The molecule has 0 bridgehead atoms. The highest BCUT2D eigenvalue weighted by Crippen LogP contribution is 2.35. The lowest BCUT2D eigenvalue weighted by Crippen LogP contribution is -2.31. The van der Waals surface area contributed by atoms with Crippen LogP contribution in [0.2, 0.25) is 0 Å². The highest BCUT2D eigenvalue weighted by Gasteiger charge is 2.22. The number of amides is 2. The van der Waals surface area contributed by atoms with E-state index in [0.29, 0.717) is 46.0 Å². The third kappa shape index (κ3) is 4.30. The molecule has 1 aromatic heterocycles. The van der Waals surface area contributed by atoms with Crippen molar-refractivity contribution in [1.29, 1.82) is 0 Å². The van der Waals surface area contributed by atoms with Gasteiger partial charge in [-0.3, -0.25) is 10.2 Å². The van der Waals surface area contributed by atoms with E-state index in [1.807, 2.05) is 0 Å². The zero-order valence-electron chi connectivity index (χ0n) is 15.5. The second-order valence-corrected chi connectivity index (χ2v) is 7.40. The van der Waals surface area contributed by atoms with E-state index in [2.05, 4.69) is 10.3 Å². The average molecular weight is 415 g/mol. The van der Waals surface area contributed by atoms with Crippen LogP contribution in [-0.2, 0) is 0 Å². The molecule has 9 heteroatoms. The van der Waals surface area contributed by atoms with E-state index in [-0.39, 0.29) is 0 Å². The van der Waals surface area contributed by atoms with Crippen LogP contribution in [0.5, 0.6) is 16.6 Å². The number of halogens is 1. The van der Waals surface area contributed by atoms with Crippen LogP contribution in [0.25, 0.3) is 0 Å². The molecule has 29 heavy (non-hydrogen) atoms.